The van der Waals surface area contributed by atoms with Gasteiger partial charge in [-0.1, -0.05) is 5.92 Å². The fourth-order valence-electron chi connectivity index (χ4n) is 0.955. The predicted molar refractivity (Wildman–Crippen MR) is 50.2 cm³/mol. The number of hydrogen-bond donors (Lipinski definition) is 1. The van der Waals surface area contributed by atoms with E-state index >= 15 is 0 Å². The third-order valence-corrected chi connectivity index (χ3v) is 1.65. The first-order valence-corrected chi connectivity index (χ1v) is 3.98. The largest absolute Gasteiger partial charge is 0.479 e. The number of rotatable bonds is 2. The van der Waals surface area contributed by atoms with Crippen molar-refractivity contribution in [3.05, 3.63) is 23.8 Å². The van der Waals surface area contributed by atoms with Gasteiger partial charge in [-0.05, 0) is 18.2 Å². The van der Waals surface area contributed by atoms with Crippen molar-refractivity contribution in [2.24, 2.45) is 0 Å². The minimum absolute atomic E-state index is 0.0530. The van der Waals surface area contributed by atoms with Crippen molar-refractivity contribution >= 4 is 5.69 Å². The maximum absolute atomic E-state index is 12.3. The molecule has 0 heterocycles. The average Bonchev–Trinajstić information content (AvgIpc) is 2.15. The van der Waals surface area contributed by atoms with E-state index in [1.165, 1.54) is 0 Å². The second kappa shape index (κ2) is 4.13. The molecule has 0 aliphatic rings. The number of halogens is 3. The smallest absolute Gasteiger partial charge is 0.416 e. The summed E-state index contributed by atoms with van der Waals surface area (Å²) in [7, 11) is 0. The van der Waals surface area contributed by atoms with Crippen molar-refractivity contribution in [1.29, 1.82) is 0 Å². The van der Waals surface area contributed by atoms with Gasteiger partial charge < -0.3 is 10.5 Å². The third-order valence-electron chi connectivity index (χ3n) is 1.65. The van der Waals surface area contributed by atoms with Crippen LogP contribution < -0.4 is 10.5 Å². The highest BCUT2D eigenvalue weighted by Crippen LogP contribution is 2.33. The summed E-state index contributed by atoms with van der Waals surface area (Å²) in [5, 5.41) is 0. The molecule has 0 fully saturated rings. The molecular formula is C10H8F3NO. The topological polar surface area (TPSA) is 35.2 Å². The summed E-state index contributed by atoms with van der Waals surface area (Å²) in [6, 6.07) is 2.85. The number of benzene rings is 1. The molecule has 0 saturated carbocycles. The fraction of sp³-hybridized carbons (Fsp3) is 0.200. The van der Waals surface area contributed by atoms with Crippen LogP contribution in [0.1, 0.15) is 5.56 Å². The van der Waals surface area contributed by atoms with Gasteiger partial charge in [-0.15, -0.1) is 6.42 Å². The molecule has 0 bridgehead atoms. The highest BCUT2D eigenvalue weighted by Gasteiger charge is 2.31. The lowest BCUT2D eigenvalue weighted by atomic mass is 10.2. The molecule has 5 heteroatoms. The van der Waals surface area contributed by atoms with E-state index < -0.39 is 11.7 Å². The van der Waals surface area contributed by atoms with Gasteiger partial charge in [0, 0.05) is 0 Å². The molecule has 1 aromatic rings. The number of hydrogen-bond acceptors (Lipinski definition) is 2. The molecule has 2 nitrogen and oxygen atoms in total. The van der Waals surface area contributed by atoms with Gasteiger partial charge in [0.25, 0.3) is 0 Å². The molecule has 0 aromatic heterocycles. The van der Waals surface area contributed by atoms with Gasteiger partial charge in [0.1, 0.15) is 12.4 Å². The van der Waals surface area contributed by atoms with Crippen LogP contribution >= 0.6 is 0 Å². The summed E-state index contributed by atoms with van der Waals surface area (Å²) in [6.45, 7) is -0.120. The normalized spacial score (nSPS) is 10.8. The van der Waals surface area contributed by atoms with E-state index in [-0.39, 0.29) is 18.0 Å². The van der Waals surface area contributed by atoms with E-state index in [1.54, 1.807) is 0 Å². The van der Waals surface area contributed by atoms with Gasteiger partial charge >= 0.3 is 6.18 Å². The lowest BCUT2D eigenvalue weighted by molar-refractivity contribution is -0.137. The van der Waals surface area contributed by atoms with E-state index in [1.807, 2.05) is 0 Å². The zero-order chi connectivity index (χ0) is 11.5. The lowest BCUT2D eigenvalue weighted by Crippen LogP contribution is -2.06. The Kier molecular flexibility index (Phi) is 3.10. The third kappa shape index (κ3) is 2.81. The number of nitrogens with two attached hydrogens (primary N) is 1. The molecule has 0 saturated heterocycles. The van der Waals surface area contributed by atoms with Crippen LogP contribution in [0, 0.1) is 12.3 Å². The van der Waals surface area contributed by atoms with Gasteiger partial charge in [0.2, 0.25) is 0 Å². The highest BCUT2D eigenvalue weighted by atomic mass is 19.4. The van der Waals surface area contributed by atoms with Crippen LogP contribution in [0.3, 0.4) is 0 Å². The van der Waals surface area contributed by atoms with Gasteiger partial charge in [-0.2, -0.15) is 13.2 Å². The van der Waals surface area contributed by atoms with Crippen molar-refractivity contribution in [2.75, 3.05) is 12.3 Å². The molecule has 2 N–H and O–H groups in total. The Hall–Kier alpha value is -1.83. The number of nitrogen functional groups attached to an aromatic ring is 1. The van der Waals surface area contributed by atoms with Gasteiger partial charge in [0.15, 0.2) is 0 Å². The molecule has 0 unspecified atom stereocenters. The van der Waals surface area contributed by atoms with Crippen molar-refractivity contribution < 1.29 is 17.9 Å². The van der Waals surface area contributed by atoms with Crippen LogP contribution in [-0.4, -0.2) is 6.61 Å². The summed E-state index contributed by atoms with van der Waals surface area (Å²) in [5.41, 5.74) is 4.72. The molecule has 0 spiro atoms. The maximum Gasteiger partial charge on any atom is 0.416 e. The van der Waals surface area contributed by atoms with Crippen LogP contribution in [0.25, 0.3) is 0 Å². The second-order valence-electron chi connectivity index (χ2n) is 2.74. The number of anilines is 1. The minimum atomic E-state index is -4.41. The van der Waals surface area contributed by atoms with Crippen molar-refractivity contribution in [1.82, 2.24) is 0 Å². The fourth-order valence-corrected chi connectivity index (χ4v) is 0.955. The van der Waals surface area contributed by atoms with E-state index in [0.717, 1.165) is 18.2 Å². The Bertz CT molecular complexity index is 393. The summed E-state index contributed by atoms with van der Waals surface area (Å²) in [4.78, 5) is 0. The lowest BCUT2D eigenvalue weighted by Gasteiger charge is -2.10. The molecule has 0 amide bonds. The first-order chi connectivity index (χ1) is 6.95. The van der Waals surface area contributed by atoms with Crippen molar-refractivity contribution in [2.45, 2.75) is 6.18 Å². The van der Waals surface area contributed by atoms with Crippen LogP contribution in [0.4, 0.5) is 18.9 Å². The quantitative estimate of drug-likeness (QED) is 0.606. The first kappa shape index (κ1) is 11.2. The Morgan fingerprint density at radius 3 is 2.60 bits per heavy atom. The Morgan fingerprint density at radius 1 is 1.40 bits per heavy atom. The summed E-state index contributed by atoms with van der Waals surface area (Å²) in [6.07, 6.45) is 0.498. The number of terminal acetylenes is 1. The Morgan fingerprint density at radius 2 is 2.07 bits per heavy atom. The summed E-state index contributed by atoms with van der Waals surface area (Å²) >= 11 is 0. The summed E-state index contributed by atoms with van der Waals surface area (Å²) < 4.78 is 41.7. The van der Waals surface area contributed by atoms with Crippen LogP contribution in [0.15, 0.2) is 18.2 Å². The molecule has 80 valence electrons. The monoisotopic (exact) mass is 215 g/mol. The molecule has 1 aromatic carbocycles. The molecule has 0 aliphatic heterocycles. The number of ether oxygens (including phenoxy) is 1. The van der Waals surface area contributed by atoms with Crippen LogP contribution in [-0.2, 0) is 6.18 Å². The van der Waals surface area contributed by atoms with Crippen molar-refractivity contribution in [3.63, 3.8) is 0 Å². The molecule has 0 atom stereocenters. The zero-order valence-electron chi connectivity index (χ0n) is 7.64. The SMILES string of the molecule is C#CCOc1cc(C(F)(F)F)ccc1N. The molecule has 0 radical (unpaired) electrons. The molecular weight excluding hydrogens is 207 g/mol. The Labute approximate surface area is 84.8 Å². The zero-order valence-corrected chi connectivity index (χ0v) is 7.64. The Balaban J connectivity index is 3.01. The van der Waals surface area contributed by atoms with Crippen molar-refractivity contribution in [3.8, 4) is 18.1 Å². The predicted octanol–water partition coefficient (Wildman–Crippen LogP) is 2.30. The van der Waals surface area contributed by atoms with Gasteiger partial charge in [-0.3, -0.25) is 0 Å². The molecule has 1 rings (SSSR count). The standard InChI is InChI=1S/C10H8F3NO/c1-2-5-15-9-6-7(10(11,12)13)3-4-8(9)14/h1,3-4,6H,5,14H2. The van der Waals surface area contributed by atoms with Crippen LogP contribution in [0.2, 0.25) is 0 Å². The van der Waals surface area contributed by atoms with E-state index in [9.17, 15) is 13.2 Å². The van der Waals surface area contributed by atoms with E-state index in [0.29, 0.717) is 0 Å². The van der Waals surface area contributed by atoms with E-state index in [2.05, 4.69) is 5.92 Å². The first-order valence-electron chi connectivity index (χ1n) is 3.98. The number of alkyl halides is 3. The van der Waals surface area contributed by atoms with Gasteiger partial charge in [-0.25, -0.2) is 0 Å². The van der Waals surface area contributed by atoms with E-state index in [4.69, 9.17) is 16.9 Å². The molecule has 15 heavy (non-hydrogen) atoms. The highest BCUT2D eigenvalue weighted by molar-refractivity contribution is 5.54. The van der Waals surface area contributed by atoms with Gasteiger partial charge in [0.05, 0.1) is 11.3 Å². The molecule has 0 aliphatic carbocycles. The minimum Gasteiger partial charge on any atom is -0.479 e. The van der Waals surface area contributed by atoms with Crippen LogP contribution in [0.5, 0.6) is 5.75 Å². The summed E-state index contributed by atoms with van der Waals surface area (Å²) in [5.74, 6) is 2.09. The maximum atomic E-state index is 12.3. The average molecular weight is 215 g/mol. The second-order valence-corrected chi connectivity index (χ2v) is 2.74.